The Morgan fingerprint density at radius 2 is 1.69 bits per heavy atom. The molecule has 0 spiro atoms. The fourth-order valence-corrected chi connectivity index (χ4v) is 6.12. The number of thioether (sulfide) groups is 1. The number of carbonyl (C=O) groups excluding carboxylic acids is 2. The molecule has 1 aromatic heterocycles. The van der Waals surface area contributed by atoms with Gasteiger partial charge in [0.1, 0.15) is 12.4 Å². The Morgan fingerprint density at radius 1 is 0.972 bits per heavy atom. The lowest BCUT2D eigenvalue weighted by atomic mass is 9.84. The fourth-order valence-electron chi connectivity index (χ4n) is 5.27. The molecule has 6 heteroatoms. The second-order valence-electron chi connectivity index (χ2n) is 9.58. The van der Waals surface area contributed by atoms with Crippen LogP contribution >= 0.6 is 11.8 Å². The monoisotopic (exact) mass is 500 g/mol. The molecule has 1 aliphatic heterocycles. The maximum absolute atomic E-state index is 13.0. The molecule has 2 amide bonds. The number of nitrogens with zero attached hydrogens (tertiary/aromatic N) is 2. The first-order valence-electron chi connectivity index (χ1n) is 12.7. The molecule has 1 saturated heterocycles. The van der Waals surface area contributed by atoms with Crippen molar-refractivity contribution in [2.24, 2.45) is 0 Å². The summed E-state index contributed by atoms with van der Waals surface area (Å²) in [6.45, 7) is 4.63. The van der Waals surface area contributed by atoms with Crippen molar-refractivity contribution >= 4 is 29.0 Å². The van der Waals surface area contributed by atoms with Crippen molar-refractivity contribution in [1.29, 1.82) is 0 Å². The molecule has 2 aliphatic rings. The number of imide groups is 1. The van der Waals surface area contributed by atoms with Crippen LogP contribution in [0.5, 0.6) is 5.75 Å². The molecule has 5 rings (SSSR count). The number of hydrogen-bond donors (Lipinski definition) is 0. The van der Waals surface area contributed by atoms with Crippen molar-refractivity contribution in [2.45, 2.75) is 51.9 Å². The van der Waals surface area contributed by atoms with Crippen LogP contribution in [0.1, 0.15) is 60.5 Å². The molecule has 5 nitrogen and oxygen atoms in total. The number of ether oxygens (including phenoxy) is 1. The molecule has 0 unspecified atom stereocenters. The number of amides is 2. The molecule has 1 saturated carbocycles. The molecule has 3 aromatic rings. The zero-order chi connectivity index (χ0) is 25.1. The lowest BCUT2D eigenvalue weighted by molar-refractivity contribution is -0.123. The second kappa shape index (κ2) is 10.8. The highest BCUT2D eigenvalue weighted by molar-refractivity contribution is 8.18. The first-order valence-corrected chi connectivity index (χ1v) is 13.6. The first-order chi connectivity index (χ1) is 17.5. The minimum Gasteiger partial charge on any atom is -0.492 e. The highest BCUT2D eigenvalue weighted by Crippen LogP contribution is 2.35. The molecular formula is C30H32N2O3S. The Hall–Kier alpha value is -3.25. The van der Waals surface area contributed by atoms with Crippen LogP contribution in [0.4, 0.5) is 4.79 Å². The quantitative estimate of drug-likeness (QED) is 0.321. The summed E-state index contributed by atoms with van der Waals surface area (Å²) in [5, 5.41) is -0.255. The van der Waals surface area contributed by atoms with E-state index in [1.165, 1.54) is 42.6 Å². The van der Waals surface area contributed by atoms with Gasteiger partial charge in [0.05, 0.1) is 11.4 Å². The average Bonchev–Trinajstić information content (AvgIpc) is 3.33. The summed E-state index contributed by atoms with van der Waals surface area (Å²) in [5.74, 6) is 1.14. The van der Waals surface area contributed by atoms with E-state index >= 15 is 0 Å². The van der Waals surface area contributed by atoms with E-state index in [0.717, 1.165) is 40.2 Å². The molecule has 2 fully saturated rings. The van der Waals surface area contributed by atoms with E-state index in [2.05, 4.69) is 48.7 Å². The third kappa shape index (κ3) is 5.14. The van der Waals surface area contributed by atoms with E-state index < -0.39 is 0 Å². The molecular weight excluding hydrogens is 468 g/mol. The molecule has 186 valence electrons. The predicted molar refractivity (Wildman–Crippen MR) is 146 cm³/mol. The van der Waals surface area contributed by atoms with E-state index in [1.807, 2.05) is 36.4 Å². The highest BCUT2D eigenvalue weighted by Gasteiger charge is 2.35. The van der Waals surface area contributed by atoms with Crippen LogP contribution in [0.15, 0.2) is 65.6 Å². The van der Waals surface area contributed by atoms with Gasteiger partial charge < -0.3 is 9.30 Å². The summed E-state index contributed by atoms with van der Waals surface area (Å²) in [7, 11) is 0. The summed E-state index contributed by atoms with van der Waals surface area (Å²) < 4.78 is 7.89. The van der Waals surface area contributed by atoms with Crippen LogP contribution in [-0.2, 0) is 4.79 Å². The van der Waals surface area contributed by atoms with Crippen molar-refractivity contribution in [3.05, 3.63) is 88.1 Å². The van der Waals surface area contributed by atoms with Gasteiger partial charge in [-0.15, -0.1) is 0 Å². The average molecular weight is 501 g/mol. The number of aryl methyl sites for hydroxylation is 1. The molecule has 2 aromatic carbocycles. The van der Waals surface area contributed by atoms with Crippen molar-refractivity contribution in [3.8, 4) is 11.4 Å². The Labute approximate surface area is 217 Å². The number of para-hydroxylation sites is 1. The SMILES string of the molecule is Cc1cc(/C=C2\SC(=O)N(CCOc3ccccc3)C2=O)c(C)n1-c1ccc(C2CCCCC2)cc1. The summed E-state index contributed by atoms with van der Waals surface area (Å²) in [6, 6.07) is 20.4. The Bertz CT molecular complexity index is 1270. The van der Waals surface area contributed by atoms with Crippen molar-refractivity contribution in [2.75, 3.05) is 13.2 Å². The van der Waals surface area contributed by atoms with Crippen LogP contribution in [0.2, 0.25) is 0 Å². The van der Waals surface area contributed by atoms with E-state index in [0.29, 0.717) is 10.8 Å². The van der Waals surface area contributed by atoms with Gasteiger partial charge in [0, 0.05) is 17.1 Å². The first kappa shape index (κ1) is 24.4. The van der Waals surface area contributed by atoms with Gasteiger partial charge in [-0.05, 0) is 91.9 Å². The maximum Gasteiger partial charge on any atom is 0.293 e. The number of aromatic nitrogens is 1. The fraction of sp³-hybridized carbons (Fsp3) is 0.333. The van der Waals surface area contributed by atoms with Gasteiger partial charge in [0.25, 0.3) is 11.1 Å². The van der Waals surface area contributed by atoms with E-state index in [1.54, 1.807) is 0 Å². The summed E-state index contributed by atoms with van der Waals surface area (Å²) in [6.07, 6.45) is 8.45. The van der Waals surface area contributed by atoms with E-state index in [-0.39, 0.29) is 24.3 Å². The molecule has 0 atom stereocenters. The highest BCUT2D eigenvalue weighted by atomic mass is 32.2. The minimum absolute atomic E-state index is 0.225. The number of benzene rings is 2. The Morgan fingerprint density at radius 3 is 2.42 bits per heavy atom. The van der Waals surface area contributed by atoms with Gasteiger partial charge in [-0.25, -0.2) is 0 Å². The molecule has 0 N–H and O–H groups in total. The number of carbonyl (C=O) groups is 2. The summed E-state index contributed by atoms with van der Waals surface area (Å²) in [5.41, 5.74) is 5.66. The van der Waals surface area contributed by atoms with Gasteiger partial charge in [0.2, 0.25) is 0 Å². The molecule has 0 bridgehead atoms. The van der Waals surface area contributed by atoms with E-state index in [9.17, 15) is 9.59 Å². The smallest absolute Gasteiger partial charge is 0.293 e. The van der Waals surface area contributed by atoms with Crippen LogP contribution in [0.3, 0.4) is 0 Å². The summed E-state index contributed by atoms with van der Waals surface area (Å²) >= 11 is 0.994. The second-order valence-corrected chi connectivity index (χ2v) is 10.6. The molecule has 0 radical (unpaired) electrons. The third-order valence-corrected chi connectivity index (χ3v) is 8.09. The third-order valence-electron chi connectivity index (χ3n) is 7.19. The molecule has 36 heavy (non-hydrogen) atoms. The standard InChI is InChI=1S/C30H32N2O3S/c1-21-19-25(22(2)32(21)26-15-13-24(14-16-26)23-9-5-3-6-10-23)20-28-29(33)31(30(34)36-28)17-18-35-27-11-7-4-8-12-27/h4,7-8,11-16,19-20,23H,3,5-6,9-10,17-18H2,1-2H3/b28-20-. The lowest BCUT2D eigenvalue weighted by Gasteiger charge is -2.22. The Kier molecular flexibility index (Phi) is 7.33. The van der Waals surface area contributed by atoms with Gasteiger partial charge >= 0.3 is 0 Å². The predicted octanol–water partition coefficient (Wildman–Crippen LogP) is 7.26. The lowest BCUT2D eigenvalue weighted by Crippen LogP contribution is -2.32. The van der Waals surface area contributed by atoms with Crippen LogP contribution in [-0.4, -0.2) is 33.8 Å². The molecule has 2 heterocycles. The topological polar surface area (TPSA) is 51.5 Å². The van der Waals surface area contributed by atoms with Crippen molar-refractivity contribution in [1.82, 2.24) is 9.47 Å². The maximum atomic E-state index is 13.0. The number of rotatable bonds is 7. The van der Waals surface area contributed by atoms with Gasteiger partial charge in [-0.2, -0.15) is 0 Å². The largest absolute Gasteiger partial charge is 0.492 e. The normalized spacial score (nSPS) is 17.8. The van der Waals surface area contributed by atoms with Crippen molar-refractivity contribution in [3.63, 3.8) is 0 Å². The van der Waals surface area contributed by atoms with Gasteiger partial charge in [-0.3, -0.25) is 14.5 Å². The van der Waals surface area contributed by atoms with Crippen LogP contribution in [0, 0.1) is 13.8 Å². The van der Waals surface area contributed by atoms with Crippen LogP contribution in [0.25, 0.3) is 11.8 Å². The van der Waals surface area contributed by atoms with E-state index in [4.69, 9.17) is 4.74 Å². The molecule has 1 aliphatic carbocycles. The number of hydrogen-bond acceptors (Lipinski definition) is 4. The zero-order valence-corrected chi connectivity index (χ0v) is 21.7. The van der Waals surface area contributed by atoms with Crippen molar-refractivity contribution < 1.29 is 14.3 Å². The Balaban J connectivity index is 1.29. The van der Waals surface area contributed by atoms with Crippen LogP contribution < -0.4 is 4.74 Å². The summed E-state index contributed by atoms with van der Waals surface area (Å²) in [4.78, 5) is 27.2. The van der Waals surface area contributed by atoms with Gasteiger partial charge in [0.15, 0.2) is 0 Å². The van der Waals surface area contributed by atoms with Gasteiger partial charge in [-0.1, -0.05) is 49.6 Å². The zero-order valence-electron chi connectivity index (χ0n) is 20.9. The minimum atomic E-state index is -0.261.